The smallest absolute Gasteiger partial charge is 0.313 e. The van der Waals surface area contributed by atoms with Gasteiger partial charge in [-0.25, -0.2) is 9.78 Å². The summed E-state index contributed by atoms with van der Waals surface area (Å²) in [6, 6.07) is 19.2. The van der Waals surface area contributed by atoms with Crippen LogP contribution in [0.3, 0.4) is 0 Å². The normalized spacial score (nSPS) is 15.1. The van der Waals surface area contributed by atoms with E-state index in [1.807, 2.05) is 30.4 Å². The van der Waals surface area contributed by atoms with E-state index in [-0.39, 0.29) is 17.5 Å². The third-order valence-electron chi connectivity index (χ3n) is 6.63. The molecule has 1 aliphatic rings. The van der Waals surface area contributed by atoms with Crippen LogP contribution in [0.5, 0.6) is 0 Å². The number of hydrogen-bond acceptors (Lipinski definition) is 4. The largest absolute Gasteiger partial charge is 0.322 e. The number of benzene rings is 2. The van der Waals surface area contributed by atoms with Crippen LogP contribution in [0.25, 0.3) is 0 Å². The molecule has 0 spiro atoms. The molecule has 4 nitrogen and oxygen atoms in total. The molecule has 0 aliphatic heterocycles. The van der Waals surface area contributed by atoms with Crippen LogP contribution in [-0.4, -0.2) is 28.4 Å². The van der Waals surface area contributed by atoms with E-state index in [1.54, 1.807) is 23.5 Å². The van der Waals surface area contributed by atoms with Crippen LogP contribution in [0.15, 0.2) is 64.5 Å². The molecule has 0 fully saturated rings. The lowest BCUT2D eigenvalue weighted by atomic mass is 9.86. The first kappa shape index (κ1) is 25.6. The van der Waals surface area contributed by atoms with Gasteiger partial charge in [0.05, 0.1) is 11.7 Å². The predicted octanol–water partition coefficient (Wildman–Crippen LogP) is 7.85. The van der Waals surface area contributed by atoms with Crippen molar-refractivity contribution in [2.45, 2.75) is 68.5 Å². The van der Waals surface area contributed by atoms with E-state index in [4.69, 9.17) is 0 Å². The number of carbonyl (C=O) groups is 1. The number of anilines is 1. The van der Waals surface area contributed by atoms with Crippen LogP contribution in [0.1, 0.15) is 61.2 Å². The Hall–Kier alpha value is -2.44. The lowest BCUT2D eigenvalue weighted by Gasteiger charge is -2.31. The number of nitrogens with zero attached hydrogens (tertiary/aromatic N) is 2. The van der Waals surface area contributed by atoms with Crippen molar-refractivity contribution in [2.24, 2.45) is 0 Å². The lowest BCUT2D eigenvalue weighted by molar-refractivity contribution is 0.183. The van der Waals surface area contributed by atoms with E-state index in [1.165, 1.54) is 16.7 Å². The van der Waals surface area contributed by atoms with Crippen molar-refractivity contribution in [3.05, 3.63) is 82.5 Å². The second-order valence-corrected chi connectivity index (χ2v) is 11.8. The first-order valence-electron chi connectivity index (χ1n) is 12.1. The zero-order valence-corrected chi connectivity index (χ0v) is 23.1. The van der Waals surface area contributed by atoms with Gasteiger partial charge in [-0.15, -0.1) is 23.5 Å². The van der Waals surface area contributed by atoms with Gasteiger partial charge in [0.15, 0.2) is 0 Å². The van der Waals surface area contributed by atoms with Gasteiger partial charge in [0, 0.05) is 17.1 Å². The average molecular weight is 506 g/mol. The van der Waals surface area contributed by atoms with Crippen molar-refractivity contribution >= 4 is 35.2 Å². The quantitative estimate of drug-likeness (QED) is 0.346. The zero-order valence-electron chi connectivity index (χ0n) is 21.5. The van der Waals surface area contributed by atoms with Crippen molar-refractivity contribution < 1.29 is 4.79 Å². The van der Waals surface area contributed by atoms with E-state index in [2.05, 4.69) is 79.6 Å². The average Bonchev–Trinajstić information content (AvgIpc) is 3.26. The third-order valence-corrected chi connectivity index (χ3v) is 8.08. The fourth-order valence-corrected chi connectivity index (χ4v) is 6.01. The molecule has 1 aliphatic carbocycles. The molecule has 2 aromatic carbocycles. The number of hydrogen-bond donors (Lipinski definition) is 1. The summed E-state index contributed by atoms with van der Waals surface area (Å²) < 4.78 is 0. The van der Waals surface area contributed by atoms with E-state index in [9.17, 15) is 4.79 Å². The molecule has 3 aromatic rings. The Labute approximate surface area is 218 Å². The third kappa shape index (κ3) is 5.70. The number of carbonyl (C=O) groups excluding carboxylic acids is 1. The number of fused-ring (bicyclic) bond motifs is 1. The van der Waals surface area contributed by atoms with Crippen LogP contribution in [0.2, 0.25) is 0 Å². The van der Waals surface area contributed by atoms with E-state index < -0.39 is 0 Å². The molecule has 1 heterocycles. The molecule has 4 rings (SSSR count). The van der Waals surface area contributed by atoms with Crippen LogP contribution in [0.4, 0.5) is 10.5 Å². The van der Waals surface area contributed by atoms with Gasteiger partial charge in [-0.2, -0.15) is 0 Å². The highest BCUT2D eigenvalue weighted by molar-refractivity contribution is 7.99. The summed E-state index contributed by atoms with van der Waals surface area (Å²) in [4.78, 5) is 21.7. The van der Waals surface area contributed by atoms with Gasteiger partial charge in [-0.3, -0.25) is 0 Å². The molecule has 0 radical (unpaired) electrons. The van der Waals surface area contributed by atoms with Crippen molar-refractivity contribution in [2.75, 3.05) is 17.8 Å². The molecular weight excluding hydrogens is 470 g/mol. The van der Waals surface area contributed by atoms with Crippen molar-refractivity contribution in [3.8, 4) is 0 Å². The predicted molar refractivity (Wildman–Crippen MR) is 150 cm³/mol. The van der Waals surface area contributed by atoms with Gasteiger partial charge >= 0.3 is 6.03 Å². The molecule has 184 valence electrons. The van der Waals surface area contributed by atoms with Gasteiger partial charge in [-0.1, -0.05) is 69.3 Å². The summed E-state index contributed by atoms with van der Waals surface area (Å²) >= 11 is 3.20. The topological polar surface area (TPSA) is 45.2 Å². The van der Waals surface area contributed by atoms with E-state index in [0.29, 0.717) is 6.54 Å². The Morgan fingerprint density at radius 2 is 1.80 bits per heavy atom. The molecule has 0 saturated carbocycles. The second kappa shape index (κ2) is 10.7. The number of nitrogens with one attached hydrogen (secondary N) is 1. The summed E-state index contributed by atoms with van der Waals surface area (Å²) in [7, 11) is 0. The fraction of sp³-hybridized carbons (Fsp3) is 0.379. The molecule has 0 bridgehead atoms. The first-order chi connectivity index (χ1) is 16.7. The lowest BCUT2D eigenvalue weighted by Crippen LogP contribution is -2.37. The van der Waals surface area contributed by atoms with Crippen LogP contribution in [-0.2, 0) is 18.4 Å². The van der Waals surface area contributed by atoms with Crippen molar-refractivity contribution in [1.29, 1.82) is 0 Å². The Morgan fingerprint density at radius 3 is 2.46 bits per heavy atom. The maximum atomic E-state index is 13.9. The summed E-state index contributed by atoms with van der Waals surface area (Å²) in [6.07, 6.45) is 5.97. The van der Waals surface area contributed by atoms with Crippen molar-refractivity contribution in [3.63, 3.8) is 0 Å². The fourth-order valence-electron chi connectivity index (χ4n) is 4.71. The molecule has 1 atom stereocenters. The number of rotatable bonds is 6. The number of thioether (sulfide) groups is 2. The summed E-state index contributed by atoms with van der Waals surface area (Å²) in [5.74, 6) is 0. The minimum atomic E-state index is -0.0807. The standard InChI is InChI=1S/C29H35N3OS2/c1-19-17-25(34-5)26(27(30-19)35-6)31-28(33)32(24-16-13-21-9-7-8-10-23(21)24)18-20-11-14-22(15-12-20)29(2,3)4/h7-12,14-15,17,24H,13,16,18H2,1-6H3,(H,31,33). The van der Waals surface area contributed by atoms with Gasteiger partial charge < -0.3 is 10.2 Å². The molecule has 1 N–H and O–H groups in total. The van der Waals surface area contributed by atoms with Crippen LogP contribution in [0, 0.1) is 6.92 Å². The highest BCUT2D eigenvalue weighted by atomic mass is 32.2. The second-order valence-electron chi connectivity index (χ2n) is 10.1. The molecule has 35 heavy (non-hydrogen) atoms. The highest BCUT2D eigenvalue weighted by Gasteiger charge is 2.32. The summed E-state index contributed by atoms with van der Waals surface area (Å²) in [5.41, 5.74) is 6.88. The Morgan fingerprint density at radius 1 is 1.09 bits per heavy atom. The minimum Gasteiger partial charge on any atom is -0.313 e. The Kier molecular flexibility index (Phi) is 7.82. The highest BCUT2D eigenvalue weighted by Crippen LogP contribution is 2.39. The molecular formula is C29H35N3OS2. The van der Waals surface area contributed by atoms with Gasteiger partial charge in [0.25, 0.3) is 0 Å². The van der Waals surface area contributed by atoms with E-state index in [0.717, 1.165) is 39.7 Å². The monoisotopic (exact) mass is 505 g/mol. The van der Waals surface area contributed by atoms with E-state index >= 15 is 0 Å². The van der Waals surface area contributed by atoms with Gasteiger partial charge in [-0.05, 0) is 66.0 Å². The van der Waals surface area contributed by atoms with Gasteiger partial charge in [0.1, 0.15) is 5.03 Å². The van der Waals surface area contributed by atoms with Gasteiger partial charge in [0.2, 0.25) is 0 Å². The maximum absolute atomic E-state index is 13.9. The van der Waals surface area contributed by atoms with Crippen LogP contribution < -0.4 is 5.32 Å². The zero-order chi connectivity index (χ0) is 25.2. The number of pyridine rings is 1. The number of aromatic nitrogens is 1. The maximum Gasteiger partial charge on any atom is 0.322 e. The molecule has 0 saturated heterocycles. The minimum absolute atomic E-state index is 0.0439. The number of aryl methyl sites for hydroxylation is 2. The SMILES string of the molecule is CSc1cc(C)nc(SC)c1NC(=O)N(Cc1ccc(C(C)(C)C)cc1)C1CCc2ccccc21. The molecule has 1 aromatic heterocycles. The number of urea groups is 1. The Balaban J connectivity index is 1.68. The molecule has 6 heteroatoms. The summed E-state index contributed by atoms with van der Waals surface area (Å²) in [5, 5.41) is 4.11. The first-order valence-corrected chi connectivity index (χ1v) is 14.5. The molecule has 2 amide bonds. The Bertz CT molecular complexity index is 1180. The number of amides is 2. The molecule has 1 unspecified atom stereocenters. The van der Waals surface area contributed by atoms with Crippen LogP contribution >= 0.6 is 23.5 Å². The van der Waals surface area contributed by atoms with Crippen molar-refractivity contribution in [1.82, 2.24) is 9.88 Å². The summed E-state index contributed by atoms with van der Waals surface area (Å²) in [6.45, 7) is 9.21.